The molecule has 0 saturated carbocycles. The van der Waals surface area contributed by atoms with E-state index in [0.29, 0.717) is 11.0 Å². The molecule has 0 aliphatic rings. The molecule has 3 aromatic carbocycles. The molecule has 136 valence electrons. The van der Waals surface area contributed by atoms with Gasteiger partial charge in [-0.3, -0.25) is 0 Å². The lowest BCUT2D eigenvalue weighted by Gasteiger charge is -2.12. The second kappa shape index (κ2) is 6.81. The van der Waals surface area contributed by atoms with Crippen molar-refractivity contribution in [3.63, 3.8) is 0 Å². The largest absolute Gasteiger partial charge is 0.319 e. The van der Waals surface area contributed by atoms with Gasteiger partial charge in [0.2, 0.25) is 0 Å². The second-order valence-electron chi connectivity index (χ2n) is 5.95. The minimum atomic E-state index is -0.806. The molecule has 1 heterocycles. The van der Waals surface area contributed by atoms with Gasteiger partial charge in [0.15, 0.2) is 0 Å². The minimum Gasteiger partial charge on any atom is -0.319 e. The number of imidazole rings is 1. The smallest absolute Gasteiger partial charge is 0.147 e. The molecule has 0 aliphatic heterocycles. The summed E-state index contributed by atoms with van der Waals surface area (Å²) in [4.78, 5) is 4.33. The second-order valence-corrected chi connectivity index (χ2v) is 6.87. The Morgan fingerprint density at radius 3 is 2.04 bits per heavy atom. The number of hydrogen-bond acceptors (Lipinski definition) is 1. The van der Waals surface area contributed by atoms with E-state index in [1.807, 2.05) is 0 Å². The van der Waals surface area contributed by atoms with Crippen molar-refractivity contribution in [1.82, 2.24) is 9.55 Å². The topological polar surface area (TPSA) is 17.8 Å². The van der Waals surface area contributed by atoms with Gasteiger partial charge in [-0.1, -0.05) is 28.1 Å². The van der Waals surface area contributed by atoms with E-state index < -0.39 is 23.3 Å². The van der Waals surface area contributed by atoms with Gasteiger partial charge in [-0.15, -0.1) is 0 Å². The van der Waals surface area contributed by atoms with Gasteiger partial charge in [-0.25, -0.2) is 22.5 Å². The van der Waals surface area contributed by atoms with Gasteiger partial charge < -0.3 is 4.57 Å². The van der Waals surface area contributed by atoms with E-state index >= 15 is 0 Å². The fourth-order valence-electron chi connectivity index (χ4n) is 3.01. The van der Waals surface area contributed by atoms with Crippen LogP contribution in [0.2, 0.25) is 0 Å². The van der Waals surface area contributed by atoms with Crippen LogP contribution < -0.4 is 0 Å². The van der Waals surface area contributed by atoms with Crippen LogP contribution in [0.5, 0.6) is 0 Å². The average Bonchev–Trinajstić information content (AvgIpc) is 2.95. The predicted octanol–water partition coefficient (Wildman–Crippen LogP) is 6.07. The quantitative estimate of drug-likeness (QED) is 0.357. The normalized spacial score (nSPS) is 11.3. The van der Waals surface area contributed by atoms with Crippen LogP contribution in [0.25, 0.3) is 22.4 Å². The van der Waals surface area contributed by atoms with E-state index in [4.69, 9.17) is 0 Å². The number of hydrogen-bond donors (Lipinski definition) is 0. The molecular weight excluding hydrogens is 424 g/mol. The maximum Gasteiger partial charge on any atom is 0.147 e. The summed E-state index contributed by atoms with van der Waals surface area (Å²) in [5.41, 5.74) is 0.386. The molecule has 4 aromatic rings. The number of benzene rings is 3. The number of halogens is 5. The number of fused-ring (bicyclic) bond motifs is 1. The van der Waals surface area contributed by atoms with Gasteiger partial charge >= 0.3 is 0 Å². The average molecular weight is 435 g/mol. The van der Waals surface area contributed by atoms with E-state index in [-0.39, 0.29) is 23.5 Å². The van der Waals surface area contributed by atoms with Gasteiger partial charge in [-0.2, -0.15) is 0 Å². The Balaban J connectivity index is 2.01. The van der Waals surface area contributed by atoms with E-state index in [0.717, 1.165) is 28.7 Å². The first-order chi connectivity index (χ1) is 13.0. The van der Waals surface area contributed by atoms with Crippen molar-refractivity contribution in [2.75, 3.05) is 0 Å². The van der Waals surface area contributed by atoms with Crippen molar-refractivity contribution >= 4 is 27.0 Å². The van der Waals surface area contributed by atoms with Crippen molar-refractivity contribution in [2.24, 2.45) is 0 Å². The zero-order chi connectivity index (χ0) is 19.1. The highest BCUT2D eigenvalue weighted by atomic mass is 79.9. The maximum atomic E-state index is 14.4. The van der Waals surface area contributed by atoms with Gasteiger partial charge in [0, 0.05) is 10.0 Å². The summed E-state index contributed by atoms with van der Waals surface area (Å²) < 4.78 is 59.2. The minimum absolute atomic E-state index is 0.0404. The first-order valence-electron chi connectivity index (χ1n) is 7.99. The van der Waals surface area contributed by atoms with Crippen molar-refractivity contribution in [3.05, 3.63) is 87.9 Å². The third kappa shape index (κ3) is 3.12. The van der Waals surface area contributed by atoms with Gasteiger partial charge in [-0.05, 0) is 42.5 Å². The number of nitrogens with zero attached hydrogens (tertiary/aromatic N) is 2. The van der Waals surface area contributed by atoms with Crippen LogP contribution in [-0.4, -0.2) is 9.55 Å². The molecule has 27 heavy (non-hydrogen) atoms. The molecule has 0 fully saturated rings. The molecule has 0 atom stereocenters. The molecule has 1 aromatic heterocycles. The van der Waals surface area contributed by atoms with E-state index in [9.17, 15) is 17.6 Å². The van der Waals surface area contributed by atoms with Crippen LogP contribution in [0.1, 0.15) is 5.56 Å². The molecule has 0 saturated heterocycles. The Hall–Kier alpha value is -2.67. The summed E-state index contributed by atoms with van der Waals surface area (Å²) in [6.45, 7) is -0.264. The van der Waals surface area contributed by atoms with Crippen LogP contribution in [-0.2, 0) is 6.54 Å². The SMILES string of the molecule is Fc1cccc(F)c1Cn1c(-c2c(F)cccc2F)nc2cc(Br)ccc21. The Bertz CT molecular complexity index is 1130. The molecule has 0 aliphatic carbocycles. The third-order valence-electron chi connectivity index (χ3n) is 4.27. The van der Waals surface area contributed by atoms with Gasteiger partial charge in [0.25, 0.3) is 0 Å². The Labute approximate surface area is 160 Å². The van der Waals surface area contributed by atoms with E-state index in [1.165, 1.54) is 16.7 Å². The van der Waals surface area contributed by atoms with Crippen LogP contribution in [0.15, 0.2) is 59.1 Å². The summed E-state index contributed by atoms with van der Waals surface area (Å²) in [5, 5.41) is 0. The summed E-state index contributed by atoms with van der Waals surface area (Å²) in [7, 11) is 0. The lowest BCUT2D eigenvalue weighted by Crippen LogP contribution is -2.08. The van der Waals surface area contributed by atoms with Crippen molar-refractivity contribution in [2.45, 2.75) is 6.54 Å². The summed E-state index contributed by atoms with van der Waals surface area (Å²) in [6, 6.07) is 12.1. The van der Waals surface area contributed by atoms with Crippen LogP contribution in [0, 0.1) is 23.3 Å². The van der Waals surface area contributed by atoms with E-state index in [2.05, 4.69) is 20.9 Å². The first-order valence-corrected chi connectivity index (χ1v) is 8.78. The molecule has 4 rings (SSSR count). The Morgan fingerprint density at radius 1 is 0.815 bits per heavy atom. The molecule has 2 nitrogen and oxygen atoms in total. The lowest BCUT2D eigenvalue weighted by atomic mass is 10.1. The molecule has 0 amide bonds. The first kappa shape index (κ1) is 17.7. The van der Waals surface area contributed by atoms with E-state index in [1.54, 1.807) is 18.2 Å². The molecule has 0 radical (unpaired) electrons. The molecule has 0 spiro atoms. The lowest BCUT2D eigenvalue weighted by molar-refractivity contribution is 0.546. The van der Waals surface area contributed by atoms with Crippen molar-refractivity contribution in [3.8, 4) is 11.4 Å². The third-order valence-corrected chi connectivity index (χ3v) is 4.77. The molecular formula is C20H11BrF4N2. The Kier molecular flexibility index (Phi) is 4.47. The fraction of sp³-hybridized carbons (Fsp3) is 0.0500. The maximum absolute atomic E-state index is 14.4. The zero-order valence-corrected chi connectivity index (χ0v) is 15.3. The van der Waals surface area contributed by atoms with Crippen LogP contribution in [0.3, 0.4) is 0 Å². The van der Waals surface area contributed by atoms with Crippen molar-refractivity contribution in [1.29, 1.82) is 0 Å². The molecule has 0 N–H and O–H groups in total. The van der Waals surface area contributed by atoms with Crippen LogP contribution in [0.4, 0.5) is 17.6 Å². The monoisotopic (exact) mass is 434 g/mol. The standard InChI is InChI=1S/C20H11BrF4N2/c21-11-7-8-18-17(9-11)26-20(19-15(24)5-2-6-16(19)25)27(18)10-12-13(22)3-1-4-14(12)23/h1-9H,10H2. The molecule has 0 unspecified atom stereocenters. The van der Waals surface area contributed by atoms with Crippen LogP contribution >= 0.6 is 15.9 Å². The van der Waals surface area contributed by atoms with Gasteiger partial charge in [0.05, 0.1) is 23.1 Å². The van der Waals surface area contributed by atoms with Gasteiger partial charge in [0.1, 0.15) is 29.1 Å². The zero-order valence-electron chi connectivity index (χ0n) is 13.7. The number of aromatic nitrogens is 2. The van der Waals surface area contributed by atoms with Crippen molar-refractivity contribution < 1.29 is 17.6 Å². The predicted molar refractivity (Wildman–Crippen MR) is 98.2 cm³/mol. The highest BCUT2D eigenvalue weighted by Gasteiger charge is 2.21. The summed E-state index contributed by atoms with van der Waals surface area (Å²) in [6.07, 6.45) is 0. The fourth-order valence-corrected chi connectivity index (χ4v) is 3.36. The molecule has 7 heteroatoms. The summed E-state index contributed by atoms with van der Waals surface area (Å²) in [5.74, 6) is -3.14. The number of rotatable bonds is 3. The Morgan fingerprint density at radius 2 is 1.41 bits per heavy atom. The highest BCUT2D eigenvalue weighted by molar-refractivity contribution is 9.10. The highest BCUT2D eigenvalue weighted by Crippen LogP contribution is 2.31. The summed E-state index contributed by atoms with van der Waals surface area (Å²) >= 11 is 3.32. The molecule has 0 bridgehead atoms.